The summed E-state index contributed by atoms with van der Waals surface area (Å²) in [6.07, 6.45) is 0.180. The lowest BCUT2D eigenvalue weighted by molar-refractivity contribution is -0.384. The van der Waals surface area contributed by atoms with Gasteiger partial charge in [0, 0.05) is 19.0 Å². The van der Waals surface area contributed by atoms with Crippen molar-refractivity contribution >= 4 is 17.3 Å². The smallest absolute Gasteiger partial charge is 0.296 e. The van der Waals surface area contributed by atoms with Crippen LogP contribution in [0.15, 0.2) is 18.2 Å². The summed E-state index contributed by atoms with van der Waals surface area (Å²) in [5.41, 5.74) is -0.490. The fourth-order valence-electron chi connectivity index (χ4n) is 1.39. The van der Waals surface area contributed by atoms with Crippen molar-refractivity contribution in [2.45, 2.75) is 13.3 Å². The van der Waals surface area contributed by atoms with Gasteiger partial charge in [-0.25, -0.2) is 0 Å². The molecule has 0 atom stereocenters. The molecule has 0 aromatic heterocycles. The SMILES string of the molecule is CCNCCC(=O)Nc1c(O)cccc1[N+](=O)[O-]. The molecule has 0 aliphatic heterocycles. The summed E-state index contributed by atoms with van der Waals surface area (Å²) in [6.45, 7) is 3.12. The van der Waals surface area contributed by atoms with Crippen LogP contribution >= 0.6 is 0 Å². The number of rotatable bonds is 6. The maximum Gasteiger partial charge on any atom is 0.296 e. The van der Waals surface area contributed by atoms with Gasteiger partial charge in [0.2, 0.25) is 5.91 Å². The molecule has 3 N–H and O–H groups in total. The van der Waals surface area contributed by atoms with Crippen molar-refractivity contribution in [3.63, 3.8) is 0 Å². The Morgan fingerprint density at radius 2 is 2.22 bits per heavy atom. The van der Waals surface area contributed by atoms with Gasteiger partial charge in [-0.2, -0.15) is 0 Å². The second-order valence-electron chi connectivity index (χ2n) is 3.58. The van der Waals surface area contributed by atoms with E-state index in [1.54, 1.807) is 0 Å². The number of nitro groups is 1. The lowest BCUT2D eigenvalue weighted by Gasteiger charge is -2.07. The third-order valence-corrected chi connectivity index (χ3v) is 2.26. The van der Waals surface area contributed by atoms with Crippen molar-refractivity contribution in [1.29, 1.82) is 0 Å². The maximum atomic E-state index is 11.5. The van der Waals surface area contributed by atoms with Crippen molar-refractivity contribution in [2.24, 2.45) is 0 Å². The Balaban J connectivity index is 2.77. The Kier molecular flexibility index (Phi) is 5.06. The molecule has 0 saturated carbocycles. The van der Waals surface area contributed by atoms with Crippen LogP contribution in [0.3, 0.4) is 0 Å². The molecular formula is C11H15N3O4. The first kappa shape index (κ1) is 13.9. The second kappa shape index (κ2) is 6.55. The van der Waals surface area contributed by atoms with E-state index in [4.69, 9.17) is 0 Å². The number of nitrogens with zero attached hydrogens (tertiary/aromatic N) is 1. The highest BCUT2D eigenvalue weighted by atomic mass is 16.6. The van der Waals surface area contributed by atoms with E-state index in [1.165, 1.54) is 18.2 Å². The number of amides is 1. The van der Waals surface area contributed by atoms with Gasteiger partial charge in [0.05, 0.1) is 4.92 Å². The molecule has 1 amide bonds. The van der Waals surface area contributed by atoms with E-state index < -0.39 is 4.92 Å². The molecule has 7 heteroatoms. The second-order valence-corrected chi connectivity index (χ2v) is 3.58. The third-order valence-electron chi connectivity index (χ3n) is 2.26. The number of phenols is 1. The monoisotopic (exact) mass is 253 g/mol. The zero-order valence-corrected chi connectivity index (χ0v) is 9.97. The summed E-state index contributed by atoms with van der Waals surface area (Å²) < 4.78 is 0. The standard InChI is InChI=1S/C11H15N3O4/c1-2-12-7-6-10(16)13-11-8(14(17)18)4-3-5-9(11)15/h3-5,12,15H,2,6-7H2,1H3,(H,13,16). The highest BCUT2D eigenvalue weighted by Crippen LogP contribution is 2.32. The van der Waals surface area contributed by atoms with Crippen LogP contribution < -0.4 is 10.6 Å². The van der Waals surface area contributed by atoms with Gasteiger partial charge in [0.1, 0.15) is 5.75 Å². The zero-order valence-electron chi connectivity index (χ0n) is 9.97. The molecule has 0 heterocycles. The van der Waals surface area contributed by atoms with Crippen LogP contribution in [0.4, 0.5) is 11.4 Å². The minimum absolute atomic E-state index is 0.163. The molecule has 0 aliphatic rings. The van der Waals surface area contributed by atoms with Crippen LogP contribution in [-0.4, -0.2) is 29.0 Å². The van der Waals surface area contributed by atoms with Gasteiger partial charge in [0.15, 0.2) is 5.69 Å². The van der Waals surface area contributed by atoms with Gasteiger partial charge in [-0.05, 0) is 12.6 Å². The molecule has 1 aromatic rings. The molecule has 0 aliphatic carbocycles. The number of benzene rings is 1. The Morgan fingerprint density at radius 3 is 2.83 bits per heavy atom. The maximum absolute atomic E-state index is 11.5. The van der Waals surface area contributed by atoms with E-state index in [0.29, 0.717) is 6.54 Å². The third kappa shape index (κ3) is 3.70. The summed E-state index contributed by atoms with van der Waals surface area (Å²) >= 11 is 0. The van der Waals surface area contributed by atoms with E-state index in [0.717, 1.165) is 6.54 Å². The normalized spacial score (nSPS) is 10.1. The van der Waals surface area contributed by atoms with Gasteiger partial charge in [-0.1, -0.05) is 13.0 Å². The van der Waals surface area contributed by atoms with Gasteiger partial charge >= 0.3 is 0 Å². The minimum Gasteiger partial charge on any atom is -0.505 e. The number of anilines is 1. The average molecular weight is 253 g/mol. The van der Waals surface area contributed by atoms with Crippen molar-refractivity contribution in [1.82, 2.24) is 5.32 Å². The first-order valence-corrected chi connectivity index (χ1v) is 5.53. The van der Waals surface area contributed by atoms with Gasteiger partial charge in [-0.3, -0.25) is 14.9 Å². The fourth-order valence-corrected chi connectivity index (χ4v) is 1.39. The number of hydrogen-bond donors (Lipinski definition) is 3. The molecule has 0 saturated heterocycles. The predicted molar refractivity (Wildman–Crippen MR) is 66.6 cm³/mol. The van der Waals surface area contributed by atoms with E-state index in [2.05, 4.69) is 10.6 Å². The van der Waals surface area contributed by atoms with Gasteiger partial charge in [0.25, 0.3) is 5.69 Å². The quantitative estimate of drug-likeness (QED) is 0.306. The molecule has 7 nitrogen and oxygen atoms in total. The van der Waals surface area contributed by atoms with Crippen molar-refractivity contribution in [3.8, 4) is 5.75 Å². The van der Waals surface area contributed by atoms with Crippen molar-refractivity contribution in [2.75, 3.05) is 18.4 Å². The fraction of sp³-hybridized carbons (Fsp3) is 0.364. The highest BCUT2D eigenvalue weighted by Gasteiger charge is 2.18. The number of nitro benzene ring substituents is 1. The van der Waals surface area contributed by atoms with Crippen LogP contribution in [0.5, 0.6) is 5.75 Å². The first-order chi connectivity index (χ1) is 8.56. The highest BCUT2D eigenvalue weighted by molar-refractivity contribution is 5.95. The summed E-state index contributed by atoms with van der Waals surface area (Å²) in [5.74, 6) is -0.707. The van der Waals surface area contributed by atoms with Crippen molar-refractivity contribution in [3.05, 3.63) is 28.3 Å². The Hall–Kier alpha value is -2.15. The van der Waals surface area contributed by atoms with Gasteiger partial charge in [-0.15, -0.1) is 0 Å². The van der Waals surface area contributed by atoms with Crippen LogP contribution in [0.25, 0.3) is 0 Å². The van der Waals surface area contributed by atoms with Crippen LogP contribution in [0, 0.1) is 10.1 Å². The van der Waals surface area contributed by atoms with E-state index in [1.807, 2.05) is 6.92 Å². The number of nitrogens with one attached hydrogen (secondary N) is 2. The van der Waals surface area contributed by atoms with E-state index >= 15 is 0 Å². The van der Waals surface area contributed by atoms with Gasteiger partial charge < -0.3 is 15.7 Å². The Morgan fingerprint density at radius 1 is 1.50 bits per heavy atom. The molecule has 1 rings (SSSR count). The Bertz CT molecular complexity index is 448. The number of aromatic hydroxyl groups is 1. The predicted octanol–water partition coefficient (Wildman–Crippen LogP) is 1.24. The number of carbonyl (C=O) groups excluding carboxylic acids is 1. The van der Waals surface area contributed by atoms with E-state index in [9.17, 15) is 20.0 Å². The molecular weight excluding hydrogens is 238 g/mol. The molecule has 18 heavy (non-hydrogen) atoms. The number of carbonyl (C=O) groups is 1. The van der Waals surface area contributed by atoms with E-state index in [-0.39, 0.29) is 29.5 Å². The molecule has 98 valence electrons. The zero-order chi connectivity index (χ0) is 13.5. The number of phenolic OH excluding ortho intramolecular Hbond substituents is 1. The average Bonchev–Trinajstić information content (AvgIpc) is 2.31. The van der Waals surface area contributed by atoms with Crippen molar-refractivity contribution < 1.29 is 14.8 Å². The first-order valence-electron chi connectivity index (χ1n) is 5.53. The lowest BCUT2D eigenvalue weighted by atomic mass is 10.2. The minimum atomic E-state index is -0.653. The molecule has 0 radical (unpaired) electrons. The molecule has 0 bridgehead atoms. The number of para-hydroxylation sites is 1. The molecule has 0 spiro atoms. The Labute approximate surface area is 104 Å². The number of hydrogen-bond acceptors (Lipinski definition) is 5. The van der Waals surface area contributed by atoms with Crippen LogP contribution in [0.1, 0.15) is 13.3 Å². The summed E-state index contributed by atoms with van der Waals surface area (Å²) in [7, 11) is 0. The lowest BCUT2D eigenvalue weighted by Crippen LogP contribution is -2.21. The largest absolute Gasteiger partial charge is 0.505 e. The molecule has 0 fully saturated rings. The van der Waals surface area contributed by atoms with Crippen LogP contribution in [0.2, 0.25) is 0 Å². The summed E-state index contributed by atoms with van der Waals surface area (Å²) in [5, 5.41) is 25.6. The summed E-state index contributed by atoms with van der Waals surface area (Å²) in [4.78, 5) is 21.6. The van der Waals surface area contributed by atoms with Crippen LogP contribution in [-0.2, 0) is 4.79 Å². The topological polar surface area (TPSA) is 104 Å². The molecule has 1 aromatic carbocycles. The molecule has 0 unspecified atom stereocenters. The summed E-state index contributed by atoms with van der Waals surface area (Å²) in [6, 6.07) is 3.86.